The highest BCUT2D eigenvalue weighted by Gasteiger charge is 2.46. The molecular formula is C38H25BN2. The van der Waals surface area contributed by atoms with Crippen molar-refractivity contribution in [3.63, 3.8) is 0 Å². The predicted molar refractivity (Wildman–Crippen MR) is 174 cm³/mol. The average molecular weight is 520 g/mol. The van der Waals surface area contributed by atoms with E-state index in [0.29, 0.717) is 0 Å². The summed E-state index contributed by atoms with van der Waals surface area (Å²) in [5.41, 5.74) is 16.7. The van der Waals surface area contributed by atoms with Crippen LogP contribution in [0.15, 0.2) is 97.1 Å². The molecule has 190 valence electrons. The molecule has 5 heterocycles. The minimum Gasteiger partial charge on any atom is -0.375 e. The third-order valence-electron chi connectivity index (χ3n) is 10.7. The Kier molecular flexibility index (Phi) is 3.30. The van der Waals surface area contributed by atoms with Gasteiger partial charge < -0.3 is 9.05 Å². The van der Waals surface area contributed by atoms with Crippen molar-refractivity contribution in [2.24, 2.45) is 0 Å². The summed E-state index contributed by atoms with van der Waals surface area (Å²) in [5.74, 6) is 0. The summed E-state index contributed by atoms with van der Waals surface area (Å²) in [7, 11) is 0. The topological polar surface area (TPSA) is 9.86 Å². The van der Waals surface area contributed by atoms with E-state index in [9.17, 15) is 0 Å². The molecule has 0 atom stereocenters. The van der Waals surface area contributed by atoms with Gasteiger partial charge in [0.2, 0.25) is 0 Å². The second-order valence-electron chi connectivity index (χ2n) is 12.9. The van der Waals surface area contributed by atoms with Crippen molar-refractivity contribution in [3.8, 4) is 16.8 Å². The normalized spacial score (nSPS) is 15.3. The van der Waals surface area contributed by atoms with Crippen molar-refractivity contribution < 1.29 is 0 Å². The third kappa shape index (κ3) is 2.07. The molecule has 0 N–H and O–H groups in total. The average Bonchev–Trinajstić information content (AvgIpc) is 3.51. The summed E-state index contributed by atoms with van der Waals surface area (Å²) >= 11 is 0. The van der Waals surface area contributed by atoms with E-state index in [1.54, 1.807) is 0 Å². The van der Waals surface area contributed by atoms with E-state index in [2.05, 4.69) is 127 Å². The molecule has 0 aliphatic carbocycles. The van der Waals surface area contributed by atoms with Crippen LogP contribution in [0.1, 0.15) is 30.5 Å². The summed E-state index contributed by atoms with van der Waals surface area (Å²) in [6, 6.07) is 37.0. The fraction of sp³-hybridized carbons (Fsp3) is 0.105. The Bertz CT molecular complexity index is 2570. The molecule has 0 amide bonds. The first-order chi connectivity index (χ1) is 20.1. The number of para-hydroxylation sites is 3. The lowest BCUT2D eigenvalue weighted by Crippen LogP contribution is -2.56. The SMILES string of the molecule is Cc1cc2c3c4c1c1cc5ccccc5c5c1n4-c1c(cccc1C5(C)C)B3n1c3ccccc3c3cccc-2c31. The number of aromatic nitrogens is 2. The molecule has 0 radical (unpaired) electrons. The first-order valence-electron chi connectivity index (χ1n) is 14.8. The van der Waals surface area contributed by atoms with Gasteiger partial charge in [0.25, 0.3) is 0 Å². The number of benzene rings is 6. The largest absolute Gasteiger partial charge is 0.375 e. The molecule has 3 aliphatic rings. The van der Waals surface area contributed by atoms with Crippen molar-refractivity contribution in [1.82, 2.24) is 9.05 Å². The van der Waals surface area contributed by atoms with Crippen LogP contribution < -0.4 is 10.9 Å². The van der Waals surface area contributed by atoms with Crippen LogP contribution in [-0.2, 0) is 5.41 Å². The molecule has 0 fully saturated rings. The fourth-order valence-corrected chi connectivity index (χ4v) is 9.25. The molecule has 3 aliphatic heterocycles. The molecule has 0 spiro atoms. The molecule has 0 unspecified atom stereocenters. The molecule has 0 saturated heterocycles. The lowest BCUT2D eigenvalue weighted by molar-refractivity contribution is 0.637. The van der Waals surface area contributed by atoms with E-state index in [4.69, 9.17) is 0 Å². The lowest BCUT2D eigenvalue weighted by Gasteiger charge is -2.41. The van der Waals surface area contributed by atoms with Gasteiger partial charge in [-0.15, -0.1) is 0 Å². The van der Waals surface area contributed by atoms with Gasteiger partial charge in [-0.05, 0) is 63.0 Å². The summed E-state index contributed by atoms with van der Waals surface area (Å²) in [6.07, 6.45) is 0. The zero-order valence-electron chi connectivity index (χ0n) is 23.2. The molecule has 0 bridgehead atoms. The first-order valence-corrected chi connectivity index (χ1v) is 14.8. The van der Waals surface area contributed by atoms with Gasteiger partial charge in [-0.25, -0.2) is 0 Å². The maximum Gasteiger partial charge on any atom is 0.333 e. The van der Waals surface area contributed by atoms with Gasteiger partial charge in [0.15, 0.2) is 0 Å². The predicted octanol–water partition coefficient (Wildman–Crippen LogP) is 7.94. The number of hydrogen-bond acceptors (Lipinski definition) is 0. The minimum absolute atomic E-state index is 0.129. The number of fused-ring (bicyclic) bond motifs is 9. The van der Waals surface area contributed by atoms with Crippen LogP contribution in [0.5, 0.6) is 0 Å². The van der Waals surface area contributed by atoms with Crippen LogP contribution in [0.3, 0.4) is 0 Å². The van der Waals surface area contributed by atoms with Gasteiger partial charge in [0, 0.05) is 49.2 Å². The second-order valence-corrected chi connectivity index (χ2v) is 12.9. The zero-order chi connectivity index (χ0) is 26.9. The van der Waals surface area contributed by atoms with Crippen LogP contribution in [0.4, 0.5) is 0 Å². The summed E-state index contributed by atoms with van der Waals surface area (Å²) in [4.78, 5) is 0. The van der Waals surface area contributed by atoms with Crippen LogP contribution in [-0.4, -0.2) is 15.9 Å². The van der Waals surface area contributed by atoms with Crippen molar-refractivity contribution in [2.45, 2.75) is 26.2 Å². The number of aryl methyl sites for hydroxylation is 1. The molecule has 8 aromatic rings. The molecule has 6 aromatic carbocycles. The third-order valence-corrected chi connectivity index (χ3v) is 10.7. The maximum atomic E-state index is 2.68. The number of hydrogen-bond donors (Lipinski definition) is 0. The van der Waals surface area contributed by atoms with Crippen LogP contribution in [0.25, 0.3) is 71.2 Å². The minimum atomic E-state index is -0.135. The highest BCUT2D eigenvalue weighted by Crippen LogP contribution is 2.52. The molecule has 0 saturated carbocycles. The van der Waals surface area contributed by atoms with E-state index in [-0.39, 0.29) is 12.3 Å². The summed E-state index contributed by atoms with van der Waals surface area (Å²) in [6.45, 7) is 7.35. The molecule has 11 rings (SSSR count). The second kappa shape index (κ2) is 6.42. The highest BCUT2D eigenvalue weighted by molar-refractivity contribution is 6.90. The van der Waals surface area contributed by atoms with E-state index in [0.717, 1.165) is 0 Å². The van der Waals surface area contributed by atoms with Crippen LogP contribution >= 0.6 is 0 Å². The van der Waals surface area contributed by atoms with Gasteiger partial charge in [-0.2, -0.15) is 0 Å². The van der Waals surface area contributed by atoms with Crippen molar-refractivity contribution in [1.29, 1.82) is 0 Å². The van der Waals surface area contributed by atoms with Crippen molar-refractivity contribution >= 4 is 72.2 Å². The number of nitrogens with zero attached hydrogens (tertiary/aromatic N) is 2. The van der Waals surface area contributed by atoms with E-state index in [1.165, 1.54) is 98.8 Å². The van der Waals surface area contributed by atoms with Gasteiger partial charge in [0.05, 0.1) is 11.0 Å². The Labute approximate surface area is 237 Å². The summed E-state index contributed by atoms with van der Waals surface area (Å²) < 4.78 is 5.36. The van der Waals surface area contributed by atoms with Gasteiger partial charge in [0.1, 0.15) is 0 Å². The Morgan fingerprint density at radius 2 is 1.44 bits per heavy atom. The molecule has 2 nitrogen and oxygen atoms in total. The van der Waals surface area contributed by atoms with Crippen molar-refractivity contribution in [3.05, 3.63) is 114 Å². The van der Waals surface area contributed by atoms with E-state index >= 15 is 0 Å². The Hall–Kier alpha value is -4.76. The van der Waals surface area contributed by atoms with Crippen LogP contribution in [0.2, 0.25) is 0 Å². The summed E-state index contributed by atoms with van der Waals surface area (Å²) in [5, 5.41) is 8.21. The van der Waals surface area contributed by atoms with E-state index in [1.807, 2.05) is 0 Å². The first kappa shape index (κ1) is 21.1. The maximum absolute atomic E-state index is 2.68. The fourth-order valence-electron chi connectivity index (χ4n) is 9.25. The van der Waals surface area contributed by atoms with E-state index < -0.39 is 0 Å². The highest BCUT2D eigenvalue weighted by atomic mass is 15.0. The monoisotopic (exact) mass is 520 g/mol. The molecule has 41 heavy (non-hydrogen) atoms. The standard InChI is InChI=1S/C38H25BN2/c1-20-18-26-25-14-8-13-24-23-12-6-7-17-30(23)41(34(24)25)39-29-16-9-15-28-36(29)40-35-27(31(20)37(40)33(26)39)19-21-10-4-5-11-22(21)32(35)38(28,2)3/h4-19H,1-3H3. The van der Waals surface area contributed by atoms with Gasteiger partial charge in [-0.1, -0.05) is 98.8 Å². The lowest BCUT2D eigenvalue weighted by atomic mass is 9.45. The Balaban J connectivity index is 1.50. The number of rotatable bonds is 0. The van der Waals surface area contributed by atoms with Crippen molar-refractivity contribution in [2.75, 3.05) is 0 Å². The molecule has 2 aromatic heterocycles. The Morgan fingerprint density at radius 1 is 0.659 bits per heavy atom. The Morgan fingerprint density at radius 3 is 2.34 bits per heavy atom. The van der Waals surface area contributed by atoms with Crippen LogP contribution in [0, 0.1) is 6.92 Å². The van der Waals surface area contributed by atoms with Gasteiger partial charge in [-0.3, -0.25) is 0 Å². The zero-order valence-corrected chi connectivity index (χ0v) is 23.2. The smallest absolute Gasteiger partial charge is 0.333 e. The van der Waals surface area contributed by atoms with Gasteiger partial charge >= 0.3 is 6.85 Å². The molecule has 3 heteroatoms. The molecular weight excluding hydrogens is 495 g/mol. The quantitative estimate of drug-likeness (QED) is 0.180.